The van der Waals surface area contributed by atoms with Gasteiger partial charge in [0.25, 0.3) is 0 Å². The molecule has 0 amide bonds. The second kappa shape index (κ2) is 8.62. The largest absolute Gasteiger partial charge is 0.309 e. The second-order valence-electron chi connectivity index (χ2n) is 7.57. The highest BCUT2D eigenvalue weighted by Crippen LogP contribution is 2.25. The van der Waals surface area contributed by atoms with Crippen LogP contribution in [0.2, 0.25) is 0 Å². The third-order valence-electron chi connectivity index (χ3n) is 5.06. The lowest BCUT2D eigenvalue weighted by Gasteiger charge is -2.37. The van der Waals surface area contributed by atoms with Crippen molar-refractivity contribution in [2.24, 2.45) is 0 Å². The third-order valence-corrected chi connectivity index (χ3v) is 7.07. The molecule has 1 aliphatic rings. The summed E-state index contributed by atoms with van der Waals surface area (Å²) in [7, 11) is 2.87. The average molecular weight is 368 g/mol. The molecule has 1 aliphatic heterocycles. The fraction of sp³-hybridized carbons (Fsp3) is 0.684. The van der Waals surface area contributed by atoms with E-state index in [1.165, 1.54) is 0 Å². The van der Waals surface area contributed by atoms with Gasteiger partial charge in [0.05, 0.1) is 4.90 Å². The zero-order valence-electron chi connectivity index (χ0n) is 16.3. The molecule has 2 rings (SSSR count). The Labute approximate surface area is 153 Å². The van der Waals surface area contributed by atoms with E-state index in [9.17, 15) is 8.42 Å². The Morgan fingerprint density at radius 2 is 1.88 bits per heavy atom. The summed E-state index contributed by atoms with van der Waals surface area (Å²) in [6, 6.07) is 5.97. The smallest absolute Gasteiger partial charge is 0.243 e. The van der Waals surface area contributed by atoms with Crippen molar-refractivity contribution in [1.29, 1.82) is 0 Å². The van der Waals surface area contributed by atoms with Crippen LogP contribution < -0.4 is 0 Å². The zero-order chi connectivity index (χ0) is 18.6. The first-order chi connectivity index (χ1) is 11.7. The van der Waals surface area contributed by atoms with Gasteiger partial charge in [-0.15, -0.1) is 0 Å². The van der Waals surface area contributed by atoms with E-state index in [0.717, 1.165) is 43.5 Å². The lowest BCUT2D eigenvalue weighted by atomic mass is 10.1. The Balaban J connectivity index is 2.08. The fourth-order valence-electron chi connectivity index (χ4n) is 3.44. The van der Waals surface area contributed by atoms with Crippen LogP contribution in [0.25, 0.3) is 0 Å². The van der Waals surface area contributed by atoms with Crippen molar-refractivity contribution >= 4 is 10.0 Å². The van der Waals surface area contributed by atoms with Gasteiger partial charge in [0.2, 0.25) is 10.0 Å². The minimum Gasteiger partial charge on any atom is -0.309 e. The number of sulfonamides is 1. The van der Waals surface area contributed by atoms with Gasteiger partial charge in [-0.2, -0.15) is 4.31 Å². The van der Waals surface area contributed by atoms with Crippen molar-refractivity contribution in [2.45, 2.75) is 44.0 Å². The van der Waals surface area contributed by atoms with Crippen molar-refractivity contribution in [3.63, 3.8) is 0 Å². The van der Waals surface area contributed by atoms with Crippen molar-refractivity contribution in [3.05, 3.63) is 29.3 Å². The lowest BCUT2D eigenvalue weighted by molar-refractivity contribution is 0.158. The minimum absolute atomic E-state index is 0.302. The van der Waals surface area contributed by atoms with Crippen molar-refractivity contribution < 1.29 is 8.42 Å². The average Bonchev–Trinajstić information content (AvgIpc) is 2.56. The van der Waals surface area contributed by atoms with Gasteiger partial charge in [-0.05, 0) is 84.5 Å². The molecule has 25 heavy (non-hydrogen) atoms. The molecule has 0 aliphatic carbocycles. The molecule has 6 heteroatoms. The van der Waals surface area contributed by atoms with E-state index in [2.05, 4.69) is 30.9 Å². The SMILES string of the molecule is Cc1ccc(C)c(S(=O)(=O)N2CCCC(N(C)CCCN(C)C)C2)c1. The third kappa shape index (κ3) is 5.26. The highest BCUT2D eigenvalue weighted by Gasteiger charge is 2.32. The molecule has 5 nitrogen and oxygen atoms in total. The number of hydrogen-bond donors (Lipinski definition) is 0. The first kappa shape index (κ1) is 20.4. The number of rotatable bonds is 7. The minimum atomic E-state index is -3.42. The molecule has 1 unspecified atom stereocenters. The van der Waals surface area contributed by atoms with Gasteiger partial charge in [0.15, 0.2) is 0 Å². The molecule has 142 valence electrons. The van der Waals surface area contributed by atoms with Crippen molar-refractivity contribution in [2.75, 3.05) is 47.3 Å². The molecular formula is C19H33N3O2S. The van der Waals surface area contributed by atoms with Crippen LogP contribution in [0.5, 0.6) is 0 Å². The Kier molecular flexibility index (Phi) is 7.02. The number of nitrogens with zero attached hydrogens (tertiary/aromatic N) is 3. The molecule has 1 aromatic carbocycles. The molecule has 1 aromatic rings. The summed E-state index contributed by atoms with van der Waals surface area (Å²) in [5, 5.41) is 0. The highest BCUT2D eigenvalue weighted by atomic mass is 32.2. The predicted molar refractivity (Wildman–Crippen MR) is 103 cm³/mol. The van der Waals surface area contributed by atoms with E-state index in [4.69, 9.17) is 0 Å². The van der Waals surface area contributed by atoms with Crippen LogP contribution in [0, 0.1) is 13.8 Å². The van der Waals surface area contributed by atoms with Crippen LogP contribution in [0.4, 0.5) is 0 Å². The summed E-state index contributed by atoms with van der Waals surface area (Å²) in [4.78, 5) is 4.98. The molecule has 0 bridgehead atoms. The number of hydrogen-bond acceptors (Lipinski definition) is 4. The zero-order valence-corrected chi connectivity index (χ0v) is 17.1. The van der Waals surface area contributed by atoms with E-state index in [1.807, 2.05) is 26.0 Å². The molecule has 0 spiro atoms. The topological polar surface area (TPSA) is 43.9 Å². The van der Waals surface area contributed by atoms with E-state index >= 15 is 0 Å². The van der Waals surface area contributed by atoms with E-state index in [0.29, 0.717) is 24.0 Å². The van der Waals surface area contributed by atoms with Crippen LogP contribution >= 0.6 is 0 Å². The summed E-state index contributed by atoms with van der Waals surface area (Å²) in [6.45, 7) is 7.09. The van der Waals surface area contributed by atoms with Crippen LogP contribution in [0.15, 0.2) is 23.1 Å². The summed E-state index contributed by atoms with van der Waals surface area (Å²) in [5.74, 6) is 0. The first-order valence-electron chi connectivity index (χ1n) is 9.14. The summed E-state index contributed by atoms with van der Waals surface area (Å²) in [5.41, 5.74) is 1.81. The summed E-state index contributed by atoms with van der Waals surface area (Å²) in [6.07, 6.45) is 3.09. The summed E-state index contributed by atoms with van der Waals surface area (Å²) >= 11 is 0. The van der Waals surface area contributed by atoms with E-state index in [1.54, 1.807) is 10.4 Å². The Morgan fingerprint density at radius 1 is 1.16 bits per heavy atom. The molecule has 1 atom stereocenters. The van der Waals surface area contributed by atoms with Gasteiger partial charge in [-0.1, -0.05) is 12.1 Å². The highest BCUT2D eigenvalue weighted by molar-refractivity contribution is 7.89. The monoisotopic (exact) mass is 367 g/mol. The van der Waals surface area contributed by atoms with Gasteiger partial charge in [-0.3, -0.25) is 0 Å². The Bertz CT molecular complexity index is 673. The molecule has 0 aromatic heterocycles. The van der Waals surface area contributed by atoms with Crippen molar-refractivity contribution in [1.82, 2.24) is 14.1 Å². The predicted octanol–water partition coefficient (Wildman–Crippen LogP) is 2.34. The maximum atomic E-state index is 13.1. The number of piperidine rings is 1. The lowest BCUT2D eigenvalue weighted by Crippen LogP contribution is -2.49. The molecule has 1 fully saturated rings. The standard InChI is InChI=1S/C19H33N3O2S/c1-16-9-10-17(2)19(14-16)25(23,24)22-13-6-8-18(15-22)21(5)12-7-11-20(3)4/h9-10,14,18H,6-8,11-13,15H2,1-5H3. The van der Waals surface area contributed by atoms with Gasteiger partial charge >= 0.3 is 0 Å². The molecule has 0 saturated carbocycles. The number of benzene rings is 1. The maximum absolute atomic E-state index is 13.1. The Hall–Kier alpha value is -0.950. The first-order valence-corrected chi connectivity index (χ1v) is 10.6. The number of likely N-dealkylation sites (N-methyl/N-ethyl adjacent to an activating group) is 1. The van der Waals surface area contributed by atoms with Gasteiger partial charge in [0.1, 0.15) is 0 Å². The van der Waals surface area contributed by atoms with Gasteiger partial charge < -0.3 is 9.80 Å². The van der Waals surface area contributed by atoms with Crippen LogP contribution in [0.3, 0.4) is 0 Å². The number of aryl methyl sites for hydroxylation is 2. The van der Waals surface area contributed by atoms with Crippen LogP contribution in [0.1, 0.15) is 30.4 Å². The molecule has 0 N–H and O–H groups in total. The molecule has 1 heterocycles. The quantitative estimate of drug-likeness (QED) is 0.742. The molecule has 0 radical (unpaired) electrons. The molecule has 1 saturated heterocycles. The van der Waals surface area contributed by atoms with Crippen molar-refractivity contribution in [3.8, 4) is 0 Å². The van der Waals surface area contributed by atoms with Gasteiger partial charge in [-0.25, -0.2) is 8.42 Å². The van der Waals surface area contributed by atoms with Crippen LogP contribution in [-0.4, -0.2) is 75.9 Å². The maximum Gasteiger partial charge on any atom is 0.243 e. The Morgan fingerprint density at radius 3 is 2.56 bits per heavy atom. The fourth-order valence-corrected chi connectivity index (χ4v) is 5.27. The van der Waals surface area contributed by atoms with E-state index < -0.39 is 10.0 Å². The normalized spacial score (nSPS) is 19.7. The summed E-state index contributed by atoms with van der Waals surface area (Å²) < 4.78 is 28.0. The van der Waals surface area contributed by atoms with Gasteiger partial charge in [0, 0.05) is 19.1 Å². The second-order valence-corrected chi connectivity index (χ2v) is 9.47. The van der Waals surface area contributed by atoms with Crippen LogP contribution in [-0.2, 0) is 10.0 Å². The molecular weight excluding hydrogens is 334 g/mol. The van der Waals surface area contributed by atoms with E-state index in [-0.39, 0.29) is 0 Å².